The fourth-order valence-corrected chi connectivity index (χ4v) is 2.17. The second-order valence-electron chi connectivity index (χ2n) is 3.33. The van der Waals surface area contributed by atoms with Crippen molar-refractivity contribution in [3.05, 3.63) is 27.7 Å². The van der Waals surface area contributed by atoms with E-state index in [0.29, 0.717) is 15.6 Å². The van der Waals surface area contributed by atoms with E-state index in [9.17, 15) is 13.6 Å². The molecule has 0 amide bonds. The summed E-state index contributed by atoms with van der Waals surface area (Å²) in [6.45, 7) is -2.97. The largest absolute Gasteiger partial charge is 0.469 e. The van der Waals surface area contributed by atoms with E-state index in [1.807, 2.05) is 0 Å². The second-order valence-corrected chi connectivity index (χ2v) is 4.45. The van der Waals surface area contributed by atoms with Gasteiger partial charge in [0.25, 0.3) is 0 Å². The molecule has 100 valence electrons. The maximum Gasteiger partial charge on any atom is 0.387 e. The topological polar surface area (TPSA) is 35.5 Å². The summed E-state index contributed by atoms with van der Waals surface area (Å²) in [7, 11) is 1.22. The first-order valence-electron chi connectivity index (χ1n) is 4.86. The summed E-state index contributed by atoms with van der Waals surface area (Å²) in [5.74, 6) is -0.432. The van der Waals surface area contributed by atoms with Gasteiger partial charge in [-0.2, -0.15) is 8.78 Å². The molecule has 0 aliphatic heterocycles. The number of esters is 1. The summed E-state index contributed by atoms with van der Waals surface area (Å²) in [5.41, 5.74) is 0.983. The van der Waals surface area contributed by atoms with Gasteiger partial charge in [0.05, 0.1) is 18.0 Å². The molecule has 0 fully saturated rings. The third kappa shape index (κ3) is 4.10. The summed E-state index contributed by atoms with van der Waals surface area (Å²) in [4.78, 5) is 11.2. The van der Waals surface area contributed by atoms with Crippen molar-refractivity contribution in [2.24, 2.45) is 0 Å². The highest BCUT2D eigenvalue weighted by atomic mass is 79.9. The lowest BCUT2D eigenvalue weighted by atomic mass is 10.1. The smallest absolute Gasteiger partial charge is 0.387 e. The molecule has 0 bridgehead atoms. The third-order valence-corrected chi connectivity index (χ3v) is 3.00. The van der Waals surface area contributed by atoms with E-state index in [1.54, 1.807) is 6.07 Å². The zero-order chi connectivity index (χ0) is 13.7. The van der Waals surface area contributed by atoms with Gasteiger partial charge in [0.1, 0.15) is 5.75 Å². The molecule has 0 unspecified atom stereocenters. The molecular formula is C11H10BrClF2O3. The van der Waals surface area contributed by atoms with E-state index in [1.165, 1.54) is 13.2 Å². The zero-order valence-electron chi connectivity index (χ0n) is 9.38. The lowest BCUT2D eigenvalue weighted by Crippen LogP contribution is -2.10. The van der Waals surface area contributed by atoms with E-state index in [2.05, 4.69) is 25.4 Å². The number of ether oxygens (including phenoxy) is 2. The first kappa shape index (κ1) is 15.2. The number of rotatable bonds is 5. The minimum atomic E-state index is -2.97. The van der Waals surface area contributed by atoms with Crippen molar-refractivity contribution in [3.8, 4) is 5.75 Å². The summed E-state index contributed by atoms with van der Waals surface area (Å²) < 4.78 is 33.8. The van der Waals surface area contributed by atoms with Crippen LogP contribution in [-0.2, 0) is 21.8 Å². The zero-order valence-corrected chi connectivity index (χ0v) is 11.7. The standard InChI is InChI=1S/C11H10BrClF2O3/c1-17-9(16)4-7-2-6(5-13)3-8(12)10(7)18-11(14)15/h2-3,11H,4-5H2,1H3. The summed E-state index contributed by atoms with van der Waals surface area (Å²) >= 11 is 8.78. The quantitative estimate of drug-likeness (QED) is 0.606. The molecule has 0 spiro atoms. The minimum Gasteiger partial charge on any atom is -0.469 e. The minimum absolute atomic E-state index is 0.0794. The molecule has 1 rings (SSSR count). The van der Waals surface area contributed by atoms with Crippen LogP contribution in [0.5, 0.6) is 5.75 Å². The highest BCUT2D eigenvalue weighted by molar-refractivity contribution is 9.10. The molecule has 0 aromatic heterocycles. The van der Waals surface area contributed by atoms with Crippen molar-refractivity contribution in [1.82, 2.24) is 0 Å². The van der Waals surface area contributed by atoms with Crippen molar-refractivity contribution in [2.75, 3.05) is 7.11 Å². The van der Waals surface area contributed by atoms with Gasteiger partial charge in [0.2, 0.25) is 0 Å². The molecule has 7 heteroatoms. The number of benzene rings is 1. The number of hydrogen-bond donors (Lipinski definition) is 0. The second kappa shape index (κ2) is 6.89. The van der Waals surface area contributed by atoms with E-state index in [-0.39, 0.29) is 18.1 Å². The molecule has 0 N–H and O–H groups in total. The maximum atomic E-state index is 12.3. The normalized spacial score (nSPS) is 10.6. The van der Waals surface area contributed by atoms with Crippen LogP contribution < -0.4 is 4.74 Å². The molecule has 0 radical (unpaired) electrons. The van der Waals surface area contributed by atoms with Gasteiger partial charge in [-0.3, -0.25) is 4.79 Å². The summed E-state index contributed by atoms with van der Waals surface area (Å²) in [5, 5.41) is 0. The van der Waals surface area contributed by atoms with E-state index >= 15 is 0 Å². The Morgan fingerprint density at radius 3 is 2.67 bits per heavy atom. The Morgan fingerprint density at radius 2 is 2.17 bits per heavy atom. The molecular weight excluding hydrogens is 333 g/mol. The Morgan fingerprint density at radius 1 is 1.50 bits per heavy atom. The fraction of sp³-hybridized carbons (Fsp3) is 0.364. The fourth-order valence-electron chi connectivity index (χ4n) is 1.37. The lowest BCUT2D eigenvalue weighted by molar-refractivity contribution is -0.139. The van der Waals surface area contributed by atoms with E-state index in [4.69, 9.17) is 11.6 Å². The molecule has 0 aliphatic carbocycles. The molecule has 0 atom stereocenters. The van der Waals surface area contributed by atoms with Gasteiger partial charge in [-0.25, -0.2) is 0 Å². The Kier molecular flexibility index (Phi) is 5.81. The van der Waals surface area contributed by atoms with Crippen molar-refractivity contribution in [1.29, 1.82) is 0 Å². The van der Waals surface area contributed by atoms with Gasteiger partial charge in [0, 0.05) is 11.4 Å². The van der Waals surface area contributed by atoms with Crippen LogP contribution in [0.15, 0.2) is 16.6 Å². The Hall–Kier alpha value is -0.880. The van der Waals surface area contributed by atoms with Crippen molar-refractivity contribution >= 4 is 33.5 Å². The van der Waals surface area contributed by atoms with Gasteiger partial charge in [-0.05, 0) is 27.6 Å². The average molecular weight is 344 g/mol. The Bertz CT molecular complexity index is 441. The van der Waals surface area contributed by atoms with Gasteiger partial charge < -0.3 is 9.47 Å². The molecule has 0 saturated carbocycles. The summed E-state index contributed by atoms with van der Waals surface area (Å²) in [6.07, 6.45) is -0.165. The van der Waals surface area contributed by atoms with Crippen LogP contribution in [-0.4, -0.2) is 19.7 Å². The molecule has 0 saturated heterocycles. The molecule has 1 aromatic carbocycles. The predicted octanol–water partition coefficient (Wildman–Crippen LogP) is 3.50. The average Bonchev–Trinajstić information content (AvgIpc) is 2.32. The number of carbonyl (C=O) groups is 1. The van der Waals surface area contributed by atoms with E-state index < -0.39 is 12.6 Å². The van der Waals surface area contributed by atoms with Crippen LogP contribution in [0.1, 0.15) is 11.1 Å². The first-order chi connectivity index (χ1) is 8.47. The maximum absolute atomic E-state index is 12.3. The highest BCUT2D eigenvalue weighted by Gasteiger charge is 2.17. The Balaban J connectivity index is 3.15. The Labute approximate surface area is 116 Å². The molecule has 3 nitrogen and oxygen atoms in total. The van der Waals surface area contributed by atoms with Crippen LogP contribution in [0.3, 0.4) is 0 Å². The number of carbonyl (C=O) groups excluding carboxylic acids is 1. The SMILES string of the molecule is COC(=O)Cc1cc(CCl)cc(Br)c1OC(F)F. The van der Waals surface area contributed by atoms with Crippen LogP contribution in [0.4, 0.5) is 8.78 Å². The first-order valence-corrected chi connectivity index (χ1v) is 6.19. The van der Waals surface area contributed by atoms with Gasteiger partial charge >= 0.3 is 12.6 Å². The van der Waals surface area contributed by atoms with Crippen LogP contribution in [0.2, 0.25) is 0 Å². The predicted molar refractivity (Wildman–Crippen MR) is 66.1 cm³/mol. The number of alkyl halides is 3. The van der Waals surface area contributed by atoms with Crippen molar-refractivity contribution in [2.45, 2.75) is 18.9 Å². The lowest BCUT2D eigenvalue weighted by Gasteiger charge is -2.13. The van der Waals surface area contributed by atoms with Crippen LogP contribution >= 0.6 is 27.5 Å². The van der Waals surface area contributed by atoms with Crippen LogP contribution in [0.25, 0.3) is 0 Å². The van der Waals surface area contributed by atoms with E-state index in [0.717, 1.165) is 0 Å². The van der Waals surface area contributed by atoms with Crippen molar-refractivity contribution < 1.29 is 23.0 Å². The van der Waals surface area contributed by atoms with Crippen LogP contribution in [0, 0.1) is 0 Å². The number of methoxy groups -OCH3 is 1. The number of hydrogen-bond acceptors (Lipinski definition) is 3. The van der Waals surface area contributed by atoms with Crippen molar-refractivity contribution in [3.63, 3.8) is 0 Å². The molecule has 0 aliphatic rings. The highest BCUT2D eigenvalue weighted by Crippen LogP contribution is 2.33. The molecule has 0 heterocycles. The number of halogens is 4. The monoisotopic (exact) mass is 342 g/mol. The molecule has 1 aromatic rings. The molecule has 18 heavy (non-hydrogen) atoms. The van der Waals surface area contributed by atoms with Gasteiger partial charge in [-0.15, -0.1) is 11.6 Å². The van der Waals surface area contributed by atoms with Gasteiger partial charge in [0.15, 0.2) is 0 Å². The third-order valence-electron chi connectivity index (χ3n) is 2.10. The van der Waals surface area contributed by atoms with Gasteiger partial charge in [-0.1, -0.05) is 6.07 Å². The summed E-state index contributed by atoms with van der Waals surface area (Å²) in [6, 6.07) is 3.10.